The molecule has 0 aromatic carbocycles. The average molecular weight is 247 g/mol. The quantitative estimate of drug-likeness (QED) is 0.841. The normalized spacial score (nSPS) is 29.3. The number of pyridine rings is 1. The fourth-order valence-corrected chi connectivity index (χ4v) is 2.78. The SMILES string of the molecule is CNC(=O)c1cc(NC2CC3CCC2O3)ccn1. The smallest absolute Gasteiger partial charge is 0.269 e. The molecule has 2 N–H and O–H groups in total. The van der Waals surface area contributed by atoms with E-state index in [1.165, 1.54) is 6.42 Å². The van der Waals surface area contributed by atoms with Crippen molar-refractivity contribution in [3.8, 4) is 0 Å². The van der Waals surface area contributed by atoms with Gasteiger partial charge in [-0.1, -0.05) is 0 Å². The number of carbonyl (C=O) groups excluding carboxylic acids is 1. The van der Waals surface area contributed by atoms with Crippen LogP contribution in [-0.4, -0.2) is 36.2 Å². The number of amides is 1. The van der Waals surface area contributed by atoms with Gasteiger partial charge in [-0.15, -0.1) is 0 Å². The number of aromatic nitrogens is 1. The molecule has 5 heteroatoms. The summed E-state index contributed by atoms with van der Waals surface area (Å²) in [6.45, 7) is 0. The van der Waals surface area contributed by atoms with E-state index in [0.29, 0.717) is 23.9 Å². The molecule has 2 aliphatic rings. The third-order valence-corrected chi connectivity index (χ3v) is 3.68. The number of ether oxygens (including phenoxy) is 1. The summed E-state index contributed by atoms with van der Waals surface area (Å²) < 4.78 is 5.80. The maximum absolute atomic E-state index is 11.5. The molecule has 3 rings (SSSR count). The second-order valence-electron chi connectivity index (χ2n) is 4.87. The van der Waals surface area contributed by atoms with Crippen LogP contribution in [0.25, 0.3) is 0 Å². The molecule has 2 fully saturated rings. The van der Waals surface area contributed by atoms with E-state index < -0.39 is 0 Å². The van der Waals surface area contributed by atoms with Crippen LogP contribution in [0.3, 0.4) is 0 Å². The minimum absolute atomic E-state index is 0.164. The van der Waals surface area contributed by atoms with Gasteiger partial charge in [0.05, 0.1) is 18.2 Å². The van der Waals surface area contributed by atoms with Crippen LogP contribution in [0, 0.1) is 0 Å². The fourth-order valence-electron chi connectivity index (χ4n) is 2.78. The van der Waals surface area contributed by atoms with Gasteiger partial charge in [-0.2, -0.15) is 0 Å². The molecule has 2 aliphatic heterocycles. The van der Waals surface area contributed by atoms with Crippen LogP contribution in [0.15, 0.2) is 18.3 Å². The third kappa shape index (κ3) is 2.06. The molecule has 0 aliphatic carbocycles. The van der Waals surface area contributed by atoms with Crippen molar-refractivity contribution in [2.24, 2.45) is 0 Å². The first-order valence-electron chi connectivity index (χ1n) is 6.36. The lowest BCUT2D eigenvalue weighted by atomic mass is 9.95. The molecule has 96 valence electrons. The molecule has 0 spiro atoms. The predicted octanol–water partition coefficient (Wildman–Crippen LogP) is 1.17. The van der Waals surface area contributed by atoms with Gasteiger partial charge in [-0.3, -0.25) is 9.78 Å². The van der Waals surface area contributed by atoms with Gasteiger partial charge >= 0.3 is 0 Å². The van der Waals surface area contributed by atoms with Crippen molar-refractivity contribution in [3.63, 3.8) is 0 Å². The second-order valence-corrected chi connectivity index (χ2v) is 4.87. The molecular weight excluding hydrogens is 230 g/mol. The Balaban J connectivity index is 1.71. The Bertz CT molecular complexity index is 463. The first kappa shape index (κ1) is 11.5. The lowest BCUT2D eigenvalue weighted by molar-refractivity contribution is 0.0958. The van der Waals surface area contributed by atoms with Crippen molar-refractivity contribution < 1.29 is 9.53 Å². The van der Waals surface area contributed by atoms with Crippen molar-refractivity contribution in [1.29, 1.82) is 0 Å². The summed E-state index contributed by atoms with van der Waals surface area (Å²) in [6, 6.07) is 4.03. The number of rotatable bonds is 3. The number of carbonyl (C=O) groups is 1. The number of hydrogen-bond donors (Lipinski definition) is 2. The first-order chi connectivity index (χ1) is 8.76. The molecular formula is C13H17N3O2. The van der Waals surface area contributed by atoms with Gasteiger partial charge in [0.2, 0.25) is 0 Å². The van der Waals surface area contributed by atoms with Gasteiger partial charge in [-0.05, 0) is 31.4 Å². The van der Waals surface area contributed by atoms with Crippen LogP contribution >= 0.6 is 0 Å². The Morgan fingerprint density at radius 2 is 2.39 bits per heavy atom. The van der Waals surface area contributed by atoms with E-state index in [-0.39, 0.29) is 5.91 Å². The summed E-state index contributed by atoms with van der Waals surface area (Å²) in [7, 11) is 1.61. The summed E-state index contributed by atoms with van der Waals surface area (Å²) in [5.74, 6) is -0.164. The summed E-state index contributed by atoms with van der Waals surface area (Å²) >= 11 is 0. The van der Waals surface area contributed by atoms with E-state index in [2.05, 4.69) is 15.6 Å². The Labute approximate surface area is 106 Å². The van der Waals surface area contributed by atoms with Crippen LogP contribution in [-0.2, 0) is 4.74 Å². The summed E-state index contributed by atoms with van der Waals surface area (Å²) in [5.41, 5.74) is 1.37. The fraction of sp³-hybridized carbons (Fsp3) is 0.538. The molecule has 3 unspecified atom stereocenters. The Kier molecular flexibility index (Phi) is 2.91. The highest BCUT2D eigenvalue weighted by Crippen LogP contribution is 2.35. The van der Waals surface area contributed by atoms with Crippen LogP contribution in [0.5, 0.6) is 0 Å². The lowest BCUT2D eigenvalue weighted by Gasteiger charge is -2.21. The molecule has 1 aromatic rings. The second kappa shape index (κ2) is 4.57. The predicted molar refractivity (Wildman–Crippen MR) is 67.5 cm³/mol. The number of nitrogens with one attached hydrogen (secondary N) is 2. The van der Waals surface area contributed by atoms with E-state index in [9.17, 15) is 4.79 Å². The molecule has 1 amide bonds. The molecule has 5 nitrogen and oxygen atoms in total. The maximum Gasteiger partial charge on any atom is 0.269 e. The number of fused-ring (bicyclic) bond motifs is 2. The average Bonchev–Trinajstić information content (AvgIpc) is 3.00. The highest BCUT2D eigenvalue weighted by Gasteiger charge is 2.40. The summed E-state index contributed by atoms with van der Waals surface area (Å²) in [4.78, 5) is 15.6. The Hall–Kier alpha value is -1.62. The van der Waals surface area contributed by atoms with E-state index in [1.54, 1.807) is 19.3 Å². The van der Waals surface area contributed by atoms with E-state index in [0.717, 1.165) is 18.5 Å². The van der Waals surface area contributed by atoms with Crippen molar-refractivity contribution in [2.45, 2.75) is 37.5 Å². The molecule has 1 aromatic heterocycles. The zero-order chi connectivity index (χ0) is 12.5. The highest BCUT2D eigenvalue weighted by atomic mass is 16.5. The standard InChI is InChI=1S/C13H17N3O2/c1-14-13(17)11-6-8(4-5-15-11)16-10-7-9-2-3-12(10)18-9/h4-6,9-10,12H,2-3,7H2,1H3,(H,14,17)(H,15,16). The molecule has 3 heterocycles. The zero-order valence-electron chi connectivity index (χ0n) is 10.3. The largest absolute Gasteiger partial charge is 0.379 e. The van der Waals surface area contributed by atoms with Crippen LogP contribution in [0.1, 0.15) is 29.8 Å². The van der Waals surface area contributed by atoms with Crippen molar-refractivity contribution in [3.05, 3.63) is 24.0 Å². The zero-order valence-corrected chi connectivity index (χ0v) is 10.3. The van der Waals surface area contributed by atoms with Gasteiger partial charge in [0, 0.05) is 18.9 Å². The topological polar surface area (TPSA) is 63.2 Å². The molecule has 18 heavy (non-hydrogen) atoms. The number of anilines is 1. The monoisotopic (exact) mass is 247 g/mol. The van der Waals surface area contributed by atoms with E-state index in [4.69, 9.17) is 4.74 Å². The first-order valence-corrected chi connectivity index (χ1v) is 6.36. The maximum atomic E-state index is 11.5. The minimum atomic E-state index is -0.164. The van der Waals surface area contributed by atoms with Crippen molar-refractivity contribution >= 4 is 11.6 Å². The third-order valence-electron chi connectivity index (χ3n) is 3.68. The van der Waals surface area contributed by atoms with Crippen LogP contribution < -0.4 is 10.6 Å². The van der Waals surface area contributed by atoms with Crippen LogP contribution in [0.4, 0.5) is 5.69 Å². The summed E-state index contributed by atoms with van der Waals surface area (Å²) in [5, 5.41) is 6.02. The van der Waals surface area contributed by atoms with Gasteiger partial charge in [0.15, 0.2) is 0 Å². The van der Waals surface area contributed by atoms with Gasteiger partial charge < -0.3 is 15.4 Å². The molecule has 0 radical (unpaired) electrons. The van der Waals surface area contributed by atoms with Gasteiger partial charge in [0.25, 0.3) is 5.91 Å². The van der Waals surface area contributed by atoms with E-state index in [1.807, 2.05) is 6.07 Å². The highest BCUT2D eigenvalue weighted by molar-refractivity contribution is 5.92. The Morgan fingerprint density at radius 3 is 3.06 bits per heavy atom. The van der Waals surface area contributed by atoms with Crippen molar-refractivity contribution in [1.82, 2.24) is 10.3 Å². The van der Waals surface area contributed by atoms with Gasteiger partial charge in [-0.25, -0.2) is 0 Å². The summed E-state index contributed by atoms with van der Waals surface area (Å²) in [6.07, 6.45) is 5.78. The molecule has 2 bridgehead atoms. The minimum Gasteiger partial charge on any atom is -0.379 e. The molecule has 3 atom stereocenters. The Morgan fingerprint density at radius 1 is 1.50 bits per heavy atom. The number of hydrogen-bond acceptors (Lipinski definition) is 4. The number of nitrogens with zero attached hydrogens (tertiary/aromatic N) is 1. The molecule has 0 saturated carbocycles. The lowest BCUT2D eigenvalue weighted by Crippen LogP contribution is -2.30. The van der Waals surface area contributed by atoms with Gasteiger partial charge in [0.1, 0.15) is 5.69 Å². The molecule has 2 saturated heterocycles. The van der Waals surface area contributed by atoms with E-state index >= 15 is 0 Å². The van der Waals surface area contributed by atoms with Crippen LogP contribution in [0.2, 0.25) is 0 Å². The van der Waals surface area contributed by atoms with Crippen molar-refractivity contribution in [2.75, 3.05) is 12.4 Å².